The first kappa shape index (κ1) is 21.2. The number of anilines is 2. The van der Waals surface area contributed by atoms with Gasteiger partial charge in [0.1, 0.15) is 17.2 Å². The number of ether oxygens (including phenoxy) is 2. The van der Waals surface area contributed by atoms with E-state index in [4.69, 9.17) is 9.47 Å². The highest BCUT2D eigenvalue weighted by atomic mass is 16.5. The molecular weight excluding hydrogens is 404 g/mol. The molecule has 0 aromatic heterocycles. The lowest BCUT2D eigenvalue weighted by atomic mass is 10.0. The van der Waals surface area contributed by atoms with E-state index in [1.807, 2.05) is 56.3 Å². The van der Waals surface area contributed by atoms with Crippen molar-refractivity contribution in [3.63, 3.8) is 0 Å². The first-order valence-corrected chi connectivity index (χ1v) is 10.2. The molecule has 0 bridgehead atoms. The van der Waals surface area contributed by atoms with Gasteiger partial charge in [-0.25, -0.2) is 4.90 Å². The van der Waals surface area contributed by atoms with Crippen molar-refractivity contribution in [2.75, 3.05) is 24.4 Å². The maximum atomic E-state index is 13.6. The molecule has 6 heteroatoms. The van der Waals surface area contributed by atoms with Gasteiger partial charge in [-0.3, -0.25) is 9.59 Å². The second-order valence-corrected chi connectivity index (χ2v) is 7.47. The van der Waals surface area contributed by atoms with Crippen molar-refractivity contribution in [2.24, 2.45) is 0 Å². The third kappa shape index (κ3) is 3.60. The molecule has 1 heterocycles. The Balaban J connectivity index is 1.85. The summed E-state index contributed by atoms with van der Waals surface area (Å²) in [5.41, 5.74) is 4.19. The average molecular weight is 428 g/mol. The lowest BCUT2D eigenvalue weighted by Crippen LogP contribution is -2.33. The number of imide groups is 1. The number of carbonyl (C=O) groups is 2. The van der Waals surface area contributed by atoms with Gasteiger partial charge < -0.3 is 14.8 Å². The van der Waals surface area contributed by atoms with Gasteiger partial charge in [-0.2, -0.15) is 0 Å². The zero-order valence-corrected chi connectivity index (χ0v) is 18.4. The molecule has 2 amide bonds. The molecule has 0 spiro atoms. The smallest absolute Gasteiger partial charge is 0.282 e. The van der Waals surface area contributed by atoms with Gasteiger partial charge in [0, 0.05) is 6.07 Å². The molecule has 1 N–H and O–H groups in total. The van der Waals surface area contributed by atoms with E-state index >= 15 is 0 Å². The molecule has 3 aromatic carbocycles. The van der Waals surface area contributed by atoms with Gasteiger partial charge in [0.25, 0.3) is 11.8 Å². The summed E-state index contributed by atoms with van der Waals surface area (Å²) in [4.78, 5) is 28.4. The second kappa shape index (κ2) is 8.59. The number of hydrogen-bond donors (Lipinski definition) is 1. The molecule has 32 heavy (non-hydrogen) atoms. The molecule has 1 aliphatic rings. The van der Waals surface area contributed by atoms with Crippen molar-refractivity contribution >= 4 is 28.8 Å². The van der Waals surface area contributed by atoms with Crippen LogP contribution in [0.15, 0.2) is 72.4 Å². The van der Waals surface area contributed by atoms with Crippen molar-refractivity contribution in [3.05, 3.63) is 89.1 Å². The Kier molecular flexibility index (Phi) is 5.69. The Morgan fingerprint density at radius 2 is 1.56 bits per heavy atom. The summed E-state index contributed by atoms with van der Waals surface area (Å²) in [6, 6.07) is 20.0. The summed E-state index contributed by atoms with van der Waals surface area (Å²) in [6.07, 6.45) is 0. The van der Waals surface area contributed by atoms with Crippen molar-refractivity contribution in [2.45, 2.75) is 13.8 Å². The molecular formula is C26H24N2O4. The standard InChI is InChI=1S/C26H24N2O4/c1-16-9-8-12-21(17(16)2)28-25(29)23(18-10-6-5-7-11-18)24(26(28)30)27-20-14-13-19(31-3)15-22(20)32-4/h5-15,27H,1-4H3. The number of carbonyl (C=O) groups excluding carboxylic acids is 2. The summed E-state index contributed by atoms with van der Waals surface area (Å²) >= 11 is 0. The molecule has 1 aliphatic heterocycles. The van der Waals surface area contributed by atoms with Gasteiger partial charge in [-0.1, -0.05) is 42.5 Å². The van der Waals surface area contributed by atoms with Crippen LogP contribution in [-0.2, 0) is 9.59 Å². The first-order chi connectivity index (χ1) is 15.5. The Bertz CT molecular complexity index is 1230. The fourth-order valence-corrected chi connectivity index (χ4v) is 3.75. The second-order valence-electron chi connectivity index (χ2n) is 7.47. The molecule has 0 radical (unpaired) electrons. The summed E-state index contributed by atoms with van der Waals surface area (Å²) in [6.45, 7) is 3.86. The molecule has 0 saturated carbocycles. The van der Waals surface area contributed by atoms with Gasteiger partial charge in [0.15, 0.2) is 0 Å². The molecule has 162 valence electrons. The van der Waals surface area contributed by atoms with Crippen LogP contribution in [0.5, 0.6) is 11.5 Å². The lowest BCUT2D eigenvalue weighted by molar-refractivity contribution is -0.120. The molecule has 3 aromatic rings. The quantitative estimate of drug-likeness (QED) is 0.576. The fraction of sp³-hybridized carbons (Fsp3) is 0.154. The average Bonchev–Trinajstić information content (AvgIpc) is 3.05. The number of amides is 2. The number of methoxy groups -OCH3 is 2. The van der Waals surface area contributed by atoms with Crippen molar-refractivity contribution < 1.29 is 19.1 Å². The van der Waals surface area contributed by atoms with E-state index in [1.54, 1.807) is 31.4 Å². The maximum absolute atomic E-state index is 13.6. The zero-order chi connectivity index (χ0) is 22.8. The van der Waals surface area contributed by atoms with E-state index in [0.717, 1.165) is 11.1 Å². The minimum absolute atomic E-state index is 0.200. The van der Waals surface area contributed by atoms with Crippen LogP contribution < -0.4 is 19.7 Å². The van der Waals surface area contributed by atoms with Crippen LogP contribution in [0.25, 0.3) is 5.57 Å². The highest BCUT2D eigenvalue weighted by molar-refractivity contribution is 6.46. The number of nitrogens with zero attached hydrogens (tertiary/aromatic N) is 1. The number of benzene rings is 3. The molecule has 0 aliphatic carbocycles. The predicted molar refractivity (Wildman–Crippen MR) is 125 cm³/mol. The number of hydrogen-bond acceptors (Lipinski definition) is 5. The Hall–Kier alpha value is -4.06. The Morgan fingerprint density at radius 3 is 2.25 bits per heavy atom. The first-order valence-electron chi connectivity index (χ1n) is 10.2. The van der Waals surface area contributed by atoms with E-state index in [0.29, 0.717) is 34.0 Å². The summed E-state index contributed by atoms with van der Waals surface area (Å²) < 4.78 is 10.7. The molecule has 4 rings (SSSR count). The van der Waals surface area contributed by atoms with E-state index < -0.39 is 5.91 Å². The highest BCUT2D eigenvalue weighted by Gasteiger charge is 2.41. The fourth-order valence-electron chi connectivity index (χ4n) is 3.75. The van der Waals surface area contributed by atoms with Gasteiger partial charge in [0.2, 0.25) is 0 Å². The molecule has 0 atom stereocenters. The topological polar surface area (TPSA) is 67.9 Å². The van der Waals surface area contributed by atoms with E-state index in [-0.39, 0.29) is 11.6 Å². The SMILES string of the molecule is COc1ccc(NC2=C(c3ccccc3)C(=O)N(c3cccc(C)c3C)C2=O)c(OC)c1. The van der Waals surface area contributed by atoms with Crippen LogP contribution >= 0.6 is 0 Å². The number of rotatable bonds is 6. The normalized spacial score (nSPS) is 13.6. The summed E-state index contributed by atoms with van der Waals surface area (Å²) in [7, 11) is 3.11. The number of aryl methyl sites for hydroxylation is 1. The molecule has 0 unspecified atom stereocenters. The third-order valence-corrected chi connectivity index (χ3v) is 5.63. The lowest BCUT2D eigenvalue weighted by Gasteiger charge is -2.19. The van der Waals surface area contributed by atoms with Gasteiger partial charge in [-0.05, 0) is 48.7 Å². The maximum Gasteiger partial charge on any atom is 0.282 e. The minimum Gasteiger partial charge on any atom is -0.497 e. The summed E-state index contributed by atoms with van der Waals surface area (Å²) in [5.74, 6) is 0.329. The van der Waals surface area contributed by atoms with Gasteiger partial charge >= 0.3 is 0 Å². The Morgan fingerprint density at radius 1 is 0.812 bits per heavy atom. The molecule has 0 fully saturated rings. The third-order valence-electron chi connectivity index (χ3n) is 5.63. The largest absolute Gasteiger partial charge is 0.497 e. The van der Waals surface area contributed by atoms with Crippen molar-refractivity contribution in [1.82, 2.24) is 0 Å². The van der Waals surface area contributed by atoms with E-state index in [1.165, 1.54) is 12.0 Å². The van der Waals surface area contributed by atoms with Gasteiger partial charge in [-0.15, -0.1) is 0 Å². The zero-order valence-electron chi connectivity index (χ0n) is 18.4. The van der Waals surface area contributed by atoms with Crippen LogP contribution in [-0.4, -0.2) is 26.0 Å². The van der Waals surface area contributed by atoms with Crippen LogP contribution in [0, 0.1) is 13.8 Å². The van der Waals surface area contributed by atoms with Crippen molar-refractivity contribution in [1.29, 1.82) is 0 Å². The van der Waals surface area contributed by atoms with E-state index in [9.17, 15) is 9.59 Å². The van der Waals surface area contributed by atoms with Crippen LogP contribution in [0.4, 0.5) is 11.4 Å². The van der Waals surface area contributed by atoms with Gasteiger partial charge in [0.05, 0.1) is 31.2 Å². The number of nitrogens with one attached hydrogen (secondary N) is 1. The van der Waals surface area contributed by atoms with Crippen LogP contribution in [0.1, 0.15) is 16.7 Å². The highest BCUT2D eigenvalue weighted by Crippen LogP contribution is 2.37. The Labute approximate surface area is 187 Å². The molecule has 6 nitrogen and oxygen atoms in total. The summed E-state index contributed by atoms with van der Waals surface area (Å²) in [5, 5.41) is 3.16. The predicted octanol–water partition coefficient (Wildman–Crippen LogP) is 4.72. The molecule has 0 saturated heterocycles. The monoisotopic (exact) mass is 428 g/mol. The van der Waals surface area contributed by atoms with Crippen molar-refractivity contribution in [3.8, 4) is 11.5 Å². The van der Waals surface area contributed by atoms with Crippen LogP contribution in [0.3, 0.4) is 0 Å². The van der Waals surface area contributed by atoms with E-state index in [2.05, 4.69) is 5.32 Å². The van der Waals surface area contributed by atoms with Crippen LogP contribution in [0.2, 0.25) is 0 Å². The minimum atomic E-state index is -0.416.